The van der Waals surface area contributed by atoms with E-state index in [1.54, 1.807) is 6.92 Å². The molecule has 1 aliphatic carbocycles. The molecule has 2 bridgehead atoms. The van der Waals surface area contributed by atoms with Crippen molar-refractivity contribution in [1.29, 1.82) is 0 Å². The van der Waals surface area contributed by atoms with Crippen LogP contribution in [0.2, 0.25) is 0 Å². The van der Waals surface area contributed by atoms with Gasteiger partial charge in [-0.3, -0.25) is 9.69 Å². The third-order valence-corrected chi connectivity index (χ3v) is 5.35. The molecule has 0 aromatic heterocycles. The number of aliphatic hydroxyl groups is 2. The Morgan fingerprint density at radius 3 is 2.61 bits per heavy atom. The smallest absolute Gasteiger partial charge is 0.323 e. The van der Waals surface area contributed by atoms with Gasteiger partial charge in [0.15, 0.2) is 0 Å². The number of rotatable bonds is 4. The van der Waals surface area contributed by atoms with Gasteiger partial charge in [-0.2, -0.15) is 0 Å². The molecule has 4 rings (SSSR count). The van der Waals surface area contributed by atoms with E-state index in [2.05, 4.69) is 4.90 Å². The molecule has 2 N–H and O–H groups in total. The lowest BCUT2D eigenvalue weighted by Gasteiger charge is -2.56. The van der Waals surface area contributed by atoms with Crippen molar-refractivity contribution in [3.63, 3.8) is 0 Å². The third kappa shape index (κ3) is 2.77. The number of hydrogen-bond donors (Lipinski definition) is 2. The minimum Gasteiger partial charge on any atom is -0.465 e. The fourth-order valence-corrected chi connectivity index (χ4v) is 4.24. The summed E-state index contributed by atoms with van der Waals surface area (Å²) in [7, 11) is 0. The normalized spacial score (nSPS) is 35.0. The summed E-state index contributed by atoms with van der Waals surface area (Å²) in [5, 5.41) is 20.8. The zero-order valence-electron chi connectivity index (χ0n) is 13.6. The van der Waals surface area contributed by atoms with Gasteiger partial charge in [0.1, 0.15) is 6.04 Å². The Bertz CT molecular complexity index is 549. The molecule has 23 heavy (non-hydrogen) atoms. The predicted octanol–water partition coefficient (Wildman–Crippen LogP) is 1.50. The number of aliphatic hydroxyl groups excluding tert-OH is 2. The van der Waals surface area contributed by atoms with Crippen LogP contribution in [0.4, 0.5) is 0 Å². The highest BCUT2D eigenvalue weighted by molar-refractivity contribution is 5.77. The third-order valence-electron chi connectivity index (χ3n) is 5.35. The number of carbonyl (C=O) groups is 1. The Morgan fingerprint density at radius 1 is 1.26 bits per heavy atom. The number of ether oxygens (including phenoxy) is 1. The molecular formula is C18H25NO4. The van der Waals surface area contributed by atoms with E-state index in [-0.39, 0.29) is 24.0 Å². The average molecular weight is 319 g/mol. The molecule has 1 aromatic rings. The monoisotopic (exact) mass is 319 g/mol. The molecule has 2 aliphatic heterocycles. The summed E-state index contributed by atoms with van der Waals surface area (Å²) < 4.78 is 5.26. The molecule has 1 aromatic carbocycles. The Labute approximate surface area is 136 Å². The molecule has 3 aliphatic rings. The average Bonchev–Trinajstić information content (AvgIpc) is 2.58. The van der Waals surface area contributed by atoms with E-state index in [9.17, 15) is 15.0 Å². The molecule has 6 atom stereocenters. The molecule has 3 fully saturated rings. The number of piperidine rings is 2. The Hall–Kier alpha value is -1.43. The topological polar surface area (TPSA) is 70.0 Å². The maximum absolute atomic E-state index is 12.5. The van der Waals surface area contributed by atoms with Gasteiger partial charge in [-0.05, 0) is 32.3 Å². The van der Waals surface area contributed by atoms with E-state index in [4.69, 9.17) is 4.74 Å². The second kappa shape index (κ2) is 6.59. The van der Waals surface area contributed by atoms with Gasteiger partial charge < -0.3 is 14.9 Å². The van der Waals surface area contributed by atoms with Gasteiger partial charge in [-0.25, -0.2) is 0 Å². The lowest BCUT2D eigenvalue weighted by Crippen LogP contribution is -2.69. The Morgan fingerprint density at radius 2 is 1.96 bits per heavy atom. The largest absolute Gasteiger partial charge is 0.465 e. The van der Waals surface area contributed by atoms with Crippen molar-refractivity contribution in [2.24, 2.45) is 5.92 Å². The van der Waals surface area contributed by atoms with E-state index in [0.29, 0.717) is 6.61 Å². The summed E-state index contributed by atoms with van der Waals surface area (Å²) in [6.45, 7) is 4.15. The molecule has 5 heteroatoms. The second-order valence-electron chi connectivity index (χ2n) is 6.52. The number of esters is 1. The van der Waals surface area contributed by atoms with Gasteiger partial charge in [-0.1, -0.05) is 30.3 Å². The van der Waals surface area contributed by atoms with Crippen molar-refractivity contribution < 1.29 is 19.7 Å². The summed E-state index contributed by atoms with van der Waals surface area (Å²) >= 11 is 0. The van der Waals surface area contributed by atoms with Gasteiger partial charge in [0, 0.05) is 18.0 Å². The zero-order valence-corrected chi connectivity index (χ0v) is 13.6. The van der Waals surface area contributed by atoms with Crippen molar-refractivity contribution in [2.75, 3.05) is 6.61 Å². The standard InChI is InChI=1S/C18H25NO4/c1-3-23-18(22)15-13-9-10-14(17(21)16(13)20)19(15)11(2)12-7-5-4-6-8-12/h4-8,11,13-17,20-21H,3,9-10H2,1-2H3/t11-,13+,14+,15+,16+,17-/m1/s1. The molecule has 0 unspecified atom stereocenters. The fourth-order valence-electron chi connectivity index (χ4n) is 4.24. The first-order valence-electron chi connectivity index (χ1n) is 8.41. The van der Waals surface area contributed by atoms with Crippen LogP contribution in [0.1, 0.15) is 38.3 Å². The van der Waals surface area contributed by atoms with Gasteiger partial charge >= 0.3 is 5.97 Å². The molecule has 0 spiro atoms. The summed E-state index contributed by atoms with van der Waals surface area (Å²) in [4.78, 5) is 14.6. The molecular weight excluding hydrogens is 294 g/mol. The van der Waals surface area contributed by atoms with E-state index < -0.39 is 18.2 Å². The number of nitrogens with zero attached hydrogens (tertiary/aromatic N) is 1. The first kappa shape index (κ1) is 16.4. The quantitative estimate of drug-likeness (QED) is 0.823. The van der Waals surface area contributed by atoms with Crippen molar-refractivity contribution in [1.82, 2.24) is 4.90 Å². The van der Waals surface area contributed by atoms with Crippen LogP contribution >= 0.6 is 0 Å². The van der Waals surface area contributed by atoms with Gasteiger partial charge in [-0.15, -0.1) is 0 Å². The lowest BCUT2D eigenvalue weighted by atomic mass is 9.70. The van der Waals surface area contributed by atoms with Crippen molar-refractivity contribution in [2.45, 2.75) is 57.0 Å². The molecule has 5 nitrogen and oxygen atoms in total. The number of carbonyl (C=O) groups excluding carboxylic acids is 1. The van der Waals surface area contributed by atoms with Crippen LogP contribution in [0, 0.1) is 5.92 Å². The van der Waals surface area contributed by atoms with Crippen molar-refractivity contribution in [3.8, 4) is 0 Å². The van der Waals surface area contributed by atoms with Crippen LogP contribution in [-0.4, -0.2) is 52.0 Å². The van der Waals surface area contributed by atoms with Crippen LogP contribution in [0.5, 0.6) is 0 Å². The lowest BCUT2D eigenvalue weighted by molar-refractivity contribution is -0.196. The van der Waals surface area contributed by atoms with E-state index in [1.807, 2.05) is 37.3 Å². The Balaban J connectivity index is 1.95. The van der Waals surface area contributed by atoms with Gasteiger partial charge in [0.05, 0.1) is 18.8 Å². The van der Waals surface area contributed by atoms with Crippen LogP contribution in [0.15, 0.2) is 30.3 Å². The minimum atomic E-state index is -0.859. The van der Waals surface area contributed by atoms with Crippen LogP contribution in [0.3, 0.4) is 0 Å². The molecule has 0 radical (unpaired) electrons. The first-order valence-corrected chi connectivity index (χ1v) is 8.41. The molecule has 2 saturated heterocycles. The Kier molecular flexibility index (Phi) is 4.71. The van der Waals surface area contributed by atoms with Crippen LogP contribution < -0.4 is 0 Å². The highest BCUT2D eigenvalue weighted by Crippen LogP contribution is 2.44. The van der Waals surface area contributed by atoms with E-state index in [0.717, 1.165) is 18.4 Å². The molecule has 126 valence electrons. The number of hydrogen-bond acceptors (Lipinski definition) is 5. The maximum atomic E-state index is 12.5. The number of fused-ring (bicyclic) bond motifs is 3. The second-order valence-corrected chi connectivity index (χ2v) is 6.52. The minimum absolute atomic E-state index is 0.0273. The van der Waals surface area contributed by atoms with E-state index in [1.165, 1.54) is 0 Å². The van der Waals surface area contributed by atoms with Gasteiger partial charge in [0.2, 0.25) is 0 Å². The summed E-state index contributed by atoms with van der Waals surface area (Å²) in [6, 6.07) is 9.20. The van der Waals surface area contributed by atoms with Crippen LogP contribution in [0.25, 0.3) is 0 Å². The zero-order chi connectivity index (χ0) is 16.6. The molecule has 2 heterocycles. The van der Waals surface area contributed by atoms with Crippen molar-refractivity contribution in [3.05, 3.63) is 35.9 Å². The predicted molar refractivity (Wildman–Crippen MR) is 85.6 cm³/mol. The first-order chi connectivity index (χ1) is 11.1. The summed E-state index contributed by atoms with van der Waals surface area (Å²) in [5.74, 6) is -0.573. The molecule has 1 saturated carbocycles. The summed E-state index contributed by atoms with van der Waals surface area (Å²) in [5.41, 5.74) is 1.09. The molecule has 0 amide bonds. The highest BCUT2D eigenvalue weighted by Gasteiger charge is 2.56. The maximum Gasteiger partial charge on any atom is 0.323 e. The van der Waals surface area contributed by atoms with Crippen LogP contribution in [-0.2, 0) is 9.53 Å². The van der Waals surface area contributed by atoms with E-state index >= 15 is 0 Å². The fraction of sp³-hybridized carbons (Fsp3) is 0.611. The van der Waals surface area contributed by atoms with Gasteiger partial charge in [0.25, 0.3) is 0 Å². The number of benzene rings is 1. The van der Waals surface area contributed by atoms with Crippen molar-refractivity contribution >= 4 is 5.97 Å². The summed E-state index contributed by atoms with van der Waals surface area (Å²) in [6.07, 6.45) is -0.145. The SMILES string of the molecule is CCOC(=O)[C@@H]1[C@@H]2CC[C@@H]([C@@H](O)[C@H]2O)N1[C@H](C)c1ccccc1. The highest BCUT2D eigenvalue weighted by atomic mass is 16.5.